The summed E-state index contributed by atoms with van der Waals surface area (Å²) in [5.41, 5.74) is 0.730. The second kappa shape index (κ2) is 9.75. The van der Waals surface area contributed by atoms with Gasteiger partial charge >= 0.3 is 6.18 Å². The summed E-state index contributed by atoms with van der Waals surface area (Å²) in [5.74, 6) is 0.783. The number of piperidine rings is 1. The molecule has 5 nitrogen and oxygen atoms in total. The van der Waals surface area contributed by atoms with Gasteiger partial charge < -0.3 is 9.64 Å². The Hall–Kier alpha value is -2.30. The first-order valence-corrected chi connectivity index (χ1v) is 13.4. The zero-order valence-corrected chi connectivity index (χ0v) is 20.6. The number of hydrogen-bond acceptors (Lipinski definition) is 6. The number of anilines is 1. The number of nitrogens with zero attached hydrogens (tertiary/aromatic N) is 2. The zero-order chi connectivity index (χ0) is 24.5. The summed E-state index contributed by atoms with van der Waals surface area (Å²) < 4.78 is 70.9. The van der Waals surface area contributed by atoms with Gasteiger partial charge in [0.15, 0.2) is 15.0 Å². The van der Waals surface area contributed by atoms with Crippen LogP contribution in [0.1, 0.15) is 25.3 Å². The lowest BCUT2D eigenvalue weighted by Crippen LogP contribution is -2.39. The van der Waals surface area contributed by atoms with E-state index in [4.69, 9.17) is 16.3 Å². The molecule has 0 N–H and O–H groups in total. The minimum Gasteiger partial charge on any atom is -0.494 e. The second-order valence-corrected chi connectivity index (χ2v) is 11.3. The summed E-state index contributed by atoms with van der Waals surface area (Å²) in [6.45, 7) is 3.36. The van der Waals surface area contributed by atoms with Crippen molar-refractivity contribution in [3.05, 3.63) is 58.4 Å². The monoisotopic (exact) mass is 530 g/mol. The maximum atomic E-state index is 13.1. The Morgan fingerprint density at radius 2 is 1.82 bits per heavy atom. The third-order valence-electron chi connectivity index (χ3n) is 5.67. The molecular weight excluding hydrogens is 509 g/mol. The highest BCUT2D eigenvalue weighted by Crippen LogP contribution is 2.37. The van der Waals surface area contributed by atoms with Crippen molar-refractivity contribution in [3.63, 3.8) is 0 Å². The van der Waals surface area contributed by atoms with Crippen molar-refractivity contribution in [1.29, 1.82) is 0 Å². The lowest BCUT2D eigenvalue weighted by Gasteiger charge is -2.31. The van der Waals surface area contributed by atoms with Gasteiger partial charge in [0.2, 0.25) is 0 Å². The maximum Gasteiger partial charge on any atom is 0.416 e. The van der Waals surface area contributed by atoms with Crippen molar-refractivity contribution in [2.45, 2.75) is 36.1 Å². The second-order valence-electron chi connectivity index (χ2n) is 7.85. The SMILES string of the molecule is CCOc1ccc(-c2csc(N3CCC(S(=O)(=O)c4cc(C(F)(F)F)ccc4Cl)CC3)n2)cc1. The van der Waals surface area contributed by atoms with E-state index in [0.717, 1.165) is 34.3 Å². The molecule has 1 aromatic heterocycles. The Bertz CT molecular complexity index is 1250. The summed E-state index contributed by atoms with van der Waals surface area (Å²) in [6.07, 6.45) is -4.11. The molecule has 2 aromatic carbocycles. The van der Waals surface area contributed by atoms with E-state index in [1.807, 2.05) is 41.5 Å². The summed E-state index contributed by atoms with van der Waals surface area (Å²) in [4.78, 5) is 6.23. The molecule has 4 rings (SSSR count). The average molecular weight is 531 g/mol. The minimum atomic E-state index is -4.65. The fraction of sp³-hybridized carbons (Fsp3) is 0.348. The average Bonchev–Trinajstić information content (AvgIpc) is 3.30. The molecule has 0 saturated carbocycles. The van der Waals surface area contributed by atoms with Gasteiger partial charge in [-0.1, -0.05) is 11.6 Å². The zero-order valence-electron chi connectivity index (χ0n) is 18.2. The highest BCUT2D eigenvalue weighted by atomic mass is 35.5. The molecule has 1 aliphatic heterocycles. The molecule has 0 atom stereocenters. The molecule has 1 fully saturated rings. The maximum absolute atomic E-state index is 13.1. The number of hydrogen-bond donors (Lipinski definition) is 0. The number of alkyl halides is 3. The Labute approximate surface area is 205 Å². The van der Waals surface area contributed by atoms with Gasteiger partial charge in [0.05, 0.1) is 33.0 Å². The summed E-state index contributed by atoms with van der Waals surface area (Å²) in [6, 6.07) is 10.0. The molecule has 0 amide bonds. The predicted molar refractivity (Wildman–Crippen MR) is 128 cm³/mol. The standard InChI is InChI=1S/C23H22ClF3N2O3S2/c1-2-32-17-6-3-15(4-7-17)20-14-33-22(28-20)29-11-9-18(10-12-29)34(30,31)21-13-16(23(25,26)27)5-8-19(21)24/h3-8,13-14,18H,2,9-12H2,1H3. The molecule has 11 heteroatoms. The third-order valence-corrected chi connectivity index (χ3v) is 9.31. The molecule has 0 radical (unpaired) electrons. The summed E-state index contributed by atoms with van der Waals surface area (Å²) in [5, 5.41) is 1.71. The number of ether oxygens (including phenoxy) is 1. The predicted octanol–water partition coefficient (Wildman–Crippen LogP) is 6.32. The molecule has 0 spiro atoms. The molecule has 0 aliphatic carbocycles. The van der Waals surface area contributed by atoms with Crippen molar-refractivity contribution in [2.75, 3.05) is 24.6 Å². The van der Waals surface area contributed by atoms with Gasteiger partial charge in [0.25, 0.3) is 0 Å². The van der Waals surface area contributed by atoms with Crippen LogP contribution in [0.25, 0.3) is 11.3 Å². The van der Waals surface area contributed by atoms with Gasteiger partial charge in [0, 0.05) is 24.0 Å². The van der Waals surface area contributed by atoms with E-state index in [1.54, 1.807) is 0 Å². The quantitative estimate of drug-likeness (QED) is 0.373. The summed E-state index contributed by atoms with van der Waals surface area (Å²) in [7, 11) is -4.02. The van der Waals surface area contributed by atoms with E-state index in [1.165, 1.54) is 11.3 Å². The molecule has 1 saturated heterocycles. The highest BCUT2D eigenvalue weighted by molar-refractivity contribution is 7.92. The molecule has 0 bridgehead atoms. The fourth-order valence-corrected chi connectivity index (χ4v) is 7.02. The largest absolute Gasteiger partial charge is 0.494 e. The minimum absolute atomic E-state index is 0.199. The number of halogens is 4. The van der Waals surface area contributed by atoms with Crippen LogP contribution in [0.3, 0.4) is 0 Å². The Balaban J connectivity index is 1.46. The number of thiazole rings is 1. The van der Waals surface area contributed by atoms with Gasteiger partial charge in [-0.05, 0) is 62.2 Å². The van der Waals surface area contributed by atoms with Crippen LogP contribution < -0.4 is 9.64 Å². The van der Waals surface area contributed by atoms with Crippen LogP contribution in [-0.2, 0) is 16.0 Å². The first-order chi connectivity index (χ1) is 16.1. The van der Waals surface area contributed by atoms with Crippen LogP contribution in [-0.4, -0.2) is 38.3 Å². The smallest absolute Gasteiger partial charge is 0.416 e. The van der Waals surface area contributed by atoms with Crippen LogP contribution in [0, 0.1) is 0 Å². The molecule has 1 aliphatic rings. The molecule has 0 unspecified atom stereocenters. The van der Waals surface area contributed by atoms with Crippen LogP contribution in [0.15, 0.2) is 52.7 Å². The van der Waals surface area contributed by atoms with Crippen molar-refractivity contribution in [3.8, 4) is 17.0 Å². The third kappa shape index (κ3) is 5.18. The Morgan fingerprint density at radius 1 is 1.15 bits per heavy atom. The van der Waals surface area contributed by atoms with Crippen LogP contribution >= 0.6 is 22.9 Å². The molecule has 34 heavy (non-hydrogen) atoms. The topological polar surface area (TPSA) is 59.5 Å². The van der Waals surface area contributed by atoms with E-state index >= 15 is 0 Å². The van der Waals surface area contributed by atoms with Gasteiger partial charge in [-0.3, -0.25) is 0 Å². The van der Waals surface area contributed by atoms with Crippen molar-refractivity contribution < 1.29 is 26.3 Å². The number of aromatic nitrogens is 1. The van der Waals surface area contributed by atoms with Gasteiger partial charge in [0.1, 0.15) is 5.75 Å². The fourth-order valence-electron chi connectivity index (χ4n) is 3.87. The van der Waals surface area contributed by atoms with E-state index in [-0.39, 0.29) is 17.9 Å². The van der Waals surface area contributed by atoms with E-state index < -0.39 is 31.7 Å². The highest BCUT2D eigenvalue weighted by Gasteiger charge is 2.36. The lowest BCUT2D eigenvalue weighted by molar-refractivity contribution is -0.137. The lowest BCUT2D eigenvalue weighted by atomic mass is 10.1. The normalized spacial score (nSPS) is 15.5. The van der Waals surface area contributed by atoms with Crippen LogP contribution in [0.5, 0.6) is 5.75 Å². The number of sulfone groups is 1. The molecule has 3 aromatic rings. The molecular formula is C23H22ClF3N2O3S2. The van der Waals surface area contributed by atoms with Crippen molar-refractivity contribution >= 4 is 37.9 Å². The van der Waals surface area contributed by atoms with Crippen molar-refractivity contribution in [2.24, 2.45) is 0 Å². The van der Waals surface area contributed by atoms with Crippen molar-refractivity contribution in [1.82, 2.24) is 4.98 Å². The first-order valence-electron chi connectivity index (χ1n) is 10.6. The van der Waals surface area contributed by atoms with Crippen LogP contribution in [0.4, 0.5) is 18.3 Å². The van der Waals surface area contributed by atoms with Gasteiger partial charge in [-0.25, -0.2) is 13.4 Å². The Kier molecular flexibility index (Phi) is 7.12. The first kappa shape index (κ1) is 24.8. The molecule has 2 heterocycles. The number of rotatable bonds is 6. The van der Waals surface area contributed by atoms with E-state index in [9.17, 15) is 21.6 Å². The number of benzene rings is 2. The van der Waals surface area contributed by atoms with Gasteiger partial charge in [-0.15, -0.1) is 11.3 Å². The molecule has 182 valence electrons. The van der Waals surface area contributed by atoms with Gasteiger partial charge in [-0.2, -0.15) is 13.2 Å². The van der Waals surface area contributed by atoms with E-state index in [0.29, 0.717) is 25.8 Å². The summed E-state index contributed by atoms with van der Waals surface area (Å²) >= 11 is 7.46. The van der Waals surface area contributed by atoms with Crippen LogP contribution in [0.2, 0.25) is 5.02 Å². The Morgan fingerprint density at radius 3 is 2.44 bits per heavy atom. The van der Waals surface area contributed by atoms with E-state index in [2.05, 4.69) is 4.98 Å².